The SMILES string of the molecule is C#CCNCC1CCCCN1C. The van der Waals surface area contributed by atoms with Crippen LogP contribution < -0.4 is 5.32 Å². The molecule has 2 nitrogen and oxygen atoms in total. The van der Waals surface area contributed by atoms with E-state index in [0.717, 1.165) is 6.54 Å². The molecule has 0 spiro atoms. The number of piperidine rings is 1. The summed E-state index contributed by atoms with van der Waals surface area (Å²) >= 11 is 0. The van der Waals surface area contributed by atoms with Crippen LogP contribution in [0.2, 0.25) is 0 Å². The zero-order chi connectivity index (χ0) is 8.81. The molecule has 0 aromatic heterocycles. The van der Waals surface area contributed by atoms with Gasteiger partial charge in [-0.15, -0.1) is 6.42 Å². The molecule has 1 atom stereocenters. The number of nitrogens with one attached hydrogen (secondary N) is 1. The van der Waals surface area contributed by atoms with Crippen molar-refractivity contribution < 1.29 is 0 Å². The Kier molecular flexibility index (Phi) is 4.13. The van der Waals surface area contributed by atoms with Gasteiger partial charge in [0, 0.05) is 12.6 Å². The Labute approximate surface area is 75.3 Å². The molecule has 0 saturated carbocycles. The molecule has 1 aliphatic heterocycles. The lowest BCUT2D eigenvalue weighted by molar-refractivity contribution is 0.183. The summed E-state index contributed by atoms with van der Waals surface area (Å²) in [7, 11) is 2.20. The van der Waals surface area contributed by atoms with E-state index >= 15 is 0 Å². The first-order valence-electron chi connectivity index (χ1n) is 4.69. The van der Waals surface area contributed by atoms with E-state index < -0.39 is 0 Å². The Morgan fingerprint density at radius 3 is 3.08 bits per heavy atom. The second-order valence-electron chi connectivity index (χ2n) is 3.47. The highest BCUT2D eigenvalue weighted by molar-refractivity contribution is 4.87. The fourth-order valence-corrected chi connectivity index (χ4v) is 1.71. The van der Waals surface area contributed by atoms with Gasteiger partial charge in [0.1, 0.15) is 0 Å². The van der Waals surface area contributed by atoms with E-state index in [2.05, 4.69) is 23.2 Å². The fourth-order valence-electron chi connectivity index (χ4n) is 1.71. The molecule has 68 valence electrons. The van der Waals surface area contributed by atoms with Crippen LogP contribution in [0.4, 0.5) is 0 Å². The molecule has 1 N–H and O–H groups in total. The molecule has 1 heterocycles. The summed E-state index contributed by atoms with van der Waals surface area (Å²) in [5, 5.41) is 3.26. The third-order valence-electron chi connectivity index (χ3n) is 2.53. The highest BCUT2D eigenvalue weighted by Gasteiger charge is 2.17. The van der Waals surface area contributed by atoms with Crippen molar-refractivity contribution in [1.82, 2.24) is 10.2 Å². The van der Waals surface area contributed by atoms with E-state index in [9.17, 15) is 0 Å². The Morgan fingerprint density at radius 1 is 1.58 bits per heavy atom. The maximum absolute atomic E-state index is 5.15. The smallest absolute Gasteiger partial charge is 0.0574 e. The van der Waals surface area contributed by atoms with Crippen molar-refractivity contribution in [2.24, 2.45) is 0 Å². The third kappa shape index (κ3) is 2.84. The largest absolute Gasteiger partial charge is 0.305 e. The molecule has 0 radical (unpaired) electrons. The number of likely N-dealkylation sites (N-methyl/N-ethyl adjacent to an activating group) is 1. The van der Waals surface area contributed by atoms with Crippen molar-refractivity contribution in [2.45, 2.75) is 25.3 Å². The number of terminal acetylenes is 1. The molecule has 0 aromatic rings. The normalized spacial score (nSPS) is 25.2. The third-order valence-corrected chi connectivity index (χ3v) is 2.53. The Hall–Kier alpha value is -0.520. The first kappa shape index (κ1) is 9.57. The highest BCUT2D eigenvalue weighted by atomic mass is 15.2. The lowest BCUT2D eigenvalue weighted by atomic mass is 10.0. The summed E-state index contributed by atoms with van der Waals surface area (Å²) in [6.07, 6.45) is 9.18. The predicted molar refractivity (Wildman–Crippen MR) is 52.0 cm³/mol. The molecule has 0 aliphatic carbocycles. The molecular formula is C10H18N2. The van der Waals surface area contributed by atoms with Gasteiger partial charge in [0.2, 0.25) is 0 Å². The average molecular weight is 166 g/mol. The first-order valence-corrected chi connectivity index (χ1v) is 4.69. The van der Waals surface area contributed by atoms with E-state index in [4.69, 9.17) is 6.42 Å². The molecule has 1 rings (SSSR count). The van der Waals surface area contributed by atoms with Crippen LogP contribution in [-0.2, 0) is 0 Å². The van der Waals surface area contributed by atoms with Crippen LogP contribution in [0.25, 0.3) is 0 Å². The van der Waals surface area contributed by atoms with Gasteiger partial charge in [0.05, 0.1) is 6.54 Å². The van der Waals surface area contributed by atoms with E-state index in [0.29, 0.717) is 12.6 Å². The summed E-state index contributed by atoms with van der Waals surface area (Å²) in [6.45, 7) is 2.98. The Bertz CT molecular complexity index is 160. The van der Waals surface area contributed by atoms with Crippen LogP contribution in [0.5, 0.6) is 0 Å². The van der Waals surface area contributed by atoms with Crippen molar-refractivity contribution in [2.75, 3.05) is 26.7 Å². The minimum Gasteiger partial charge on any atom is -0.305 e. The molecule has 0 aromatic carbocycles. The van der Waals surface area contributed by atoms with E-state index in [1.807, 2.05) is 0 Å². The van der Waals surface area contributed by atoms with Gasteiger partial charge in [-0.2, -0.15) is 0 Å². The molecule has 1 aliphatic rings. The highest BCUT2D eigenvalue weighted by Crippen LogP contribution is 2.13. The maximum atomic E-state index is 5.15. The van der Waals surface area contributed by atoms with Crippen molar-refractivity contribution in [1.29, 1.82) is 0 Å². The van der Waals surface area contributed by atoms with E-state index in [1.165, 1.54) is 25.8 Å². The lowest BCUT2D eigenvalue weighted by Crippen LogP contribution is -2.43. The summed E-state index contributed by atoms with van der Waals surface area (Å²) in [5.74, 6) is 2.59. The van der Waals surface area contributed by atoms with E-state index in [-0.39, 0.29) is 0 Å². The molecule has 12 heavy (non-hydrogen) atoms. The topological polar surface area (TPSA) is 15.3 Å². The summed E-state index contributed by atoms with van der Waals surface area (Å²) in [4.78, 5) is 2.42. The lowest BCUT2D eigenvalue weighted by Gasteiger charge is -2.32. The van der Waals surface area contributed by atoms with E-state index in [1.54, 1.807) is 0 Å². The van der Waals surface area contributed by atoms with Crippen LogP contribution in [0, 0.1) is 12.3 Å². The van der Waals surface area contributed by atoms with Gasteiger partial charge in [0.25, 0.3) is 0 Å². The quantitative estimate of drug-likeness (QED) is 0.490. The van der Waals surface area contributed by atoms with Gasteiger partial charge in [-0.3, -0.25) is 0 Å². The second kappa shape index (κ2) is 5.18. The van der Waals surface area contributed by atoms with Gasteiger partial charge >= 0.3 is 0 Å². The second-order valence-corrected chi connectivity index (χ2v) is 3.47. The van der Waals surface area contributed by atoms with Crippen LogP contribution in [0.1, 0.15) is 19.3 Å². The maximum Gasteiger partial charge on any atom is 0.0574 e. The Balaban J connectivity index is 2.16. The van der Waals surface area contributed by atoms with Crippen LogP contribution >= 0.6 is 0 Å². The summed E-state index contributed by atoms with van der Waals surface area (Å²) in [6, 6.07) is 0.701. The van der Waals surface area contributed by atoms with Crippen LogP contribution in [0.15, 0.2) is 0 Å². The van der Waals surface area contributed by atoms with Crippen molar-refractivity contribution in [3.8, 4) is 12.3 Å². The molecule has 1 saturated heterocycles. The van der Waals surface area contributed by atoms with Gasteiger partial charge in [0.15, 0.2) is 0 Å². The monoisotopic (exact) mass is 166 g/mol. The molecule has 0 amide bonds. The van der Waals surface area contributed by atoms with Crippen molar-refractivity contribution >= 4 is 0 Å². The van der Waals surface area contributed by atoms with Gasteiger partial charge in [-0.1, -0.05) is 12.3 Å². The number of rotatable bonds is 3. The van der Waals surface area contributed by atoms with Crippen LogP contribution in [0.3, 0.4) is 0 Å². The standard InChI is InChI=1S/C10H18N2/c1-3-7-11-9-10-6-4-5-8-12(10)2/h1,10-11H,4-9H2,2H3. The minimum absolute atomic E-state index is 0.699. The number of hydrogen-bond acceptors (Lipinski definition) is 2. The zero-order valence-corrected chi connectivity index (χ0v) is 7.84. The number of likely N-dealkylation sites (tertiary alicyclic amines) is 1. The van der Waals surface area contributed by atoms with Gasteiger partial charge in [-0.05, 0) is 26.4 Å². The summed E-state index contributed by atoms with van der Waals surface area (Å²) < 4.78 is 0. The number of hydrogen-bond donors (Lipinski definition) is 1. The fraction of sp³-hybridized carbons (Fsp3) is 0.800. The number of nitrogens with zero attached hydrogens (tertiary/aromatic N) is 1. The molecule has 2 heteroatoms. The predicted octanol–water partition coefficient (Wildman–Crippen LogP) is 0.694. The van der Waals surface area contributed by atoms with Gasteiger partial charge in [-0.25, -0.2) is 0 Å². The molecule has 0 bridgehead atoms. The van der Waals surface area contributed by atoms with Crippen molar-refractivity contribution in [3.05, 3.63) is 0 Å². The molecule has 1 fully saturated rings. The van der Waals surface area contributed by atoms with Crippen LogP contribution in [-0.4, -0.2) is 37.6 Å². The van der Waals surface area contributed by atoms with Crippen molar-refractivity contribution in [3.63, 3.8) is 0 Å². The zero-order valence-electron chi connectivity index (χ0n) is 7.84. The summed E-state index contributed by atoms with van der Waals surface area (Å²) in [5.41, 5.74) is 0. The van der Waals surface area contributed by atoms with Gasteiger partial charge < -0.3 is 10.2 Å². The molecule has 1 unspecified atom stereocenters. The minimum atomic E-state index is 0.699. The molecular weight excluding hydrogens is 148 g/mol. The first-order chi connectivity index (χ1) is 5.84. The Morgan fingerprint density at radius 2 is 2.42 bits per heavy atom. The average Bonchev–Trinajstić information content (AvgIpc) is 2.09.